The van der Waals surface area contributed by atoms with Gasteiger partial charge in [-0.2, -0.15) is 0 Å². The van der Waals surface area contributed by atoms with Gasteiger partial charge in [0.05, 0.1) is 4.92 Å². The molecule has 0 saturated carbocycles. The highest BCUT2D eigenvalue weighted by molar-refractivity contribution is 5.77. The van der Waals surface area contributed by atoms with Crippen LogP contribution in [-0.4, -0.2) is 59.0 Å². The largest absolute Gasteiger partial charge is 0.336 e. The molecule has 0 atom stereocenters. The first-order chi connectivity index (χ1) is 12.0. The summed E-state index contributed by atoms with van der Waals surface area (Å²) in [5, 5.41) is 16.4. The van der Waals surface area contributed by atoms with Gasteiger partial charge in [0.15, 0.2) is 0 Å². The molecule has 25 heavy (non-hydrogen) atoms. The predicted octanol–water partition coefficient (Wildman–Crippen LogP) is 1.29. The summed E-state index contributed by atoms with van der Waals surface area (Å²) in [5.41, 5.74) is 0.697. The fourth-order valence-electron chi connectivity index (χ4n) is 3.28. The molecule has 2 aliphatic heterocycles. The number of hydrogen-bond donors (Lipinski definition) is 2. The molecule has 2 aliphatic rings. The minimum atomic E-state index is -0.454. The highest BCUT2D eigenvalue weighted by Gasteiger charge is 2.31. The highest BCUT2D eigenvalue weighted by Crippen LogP contribution is 2.18. The number of amides is 4. The number of nitro groups is 1. The van der Waals surface area contributed by atoms with Crippen LogP contribution in [0.5, 0.6) is 0 Å². The van der Waals surface area contributed by atoms with Gasteiger partial charge in [-0.25, -0.2) is 9.59 Å². The number of non-ortho nitro benzene ring substituents is 1. The topological polar surface area (TPSA) is 108 Å². The van der Waals surface area contributed by atoms with Crippen molar-refractivity contribution in [3.63, 3.8) is 0 Å². The maximum Gasteiger partial charge on any atom is 0.317 e. The molecule has 0 radical (unpaired) electrons. The summed E-state index contributed by atoms with van der Waals surface area (Å²) in [7, 11) is 0. The van der Waals surface area contributed by atoms with Crippen molar-refractivity contribution in [2.45, 2.75) is 25.4 Å². The Balaban J connectivity index is 1.47. The predicted molar refractivity (Wildman–Crippen MR) is 90.0 cm³/mol. The van der Waals surface area contributed by atoms with Crippen LogP contribution in [0.2, 0.25) is 0 Å². The maximum absolute atomic E-state index is 12.3. The number of piperidine rings is 1. The van der Waals surface area contributed by atoms with Crippen LogP contribution in [-0.2, 0) is 6.54 Å². The number of rotatable bonds is 4. The molecule has 2 fully saturated rings. The number of nitrogens with one attached hydrogen (secondary N) is 2. The van der Waals surface area contributed by atoms with E-state index in [-0.39, 0.29) is 30.3 Å². The van der Waals surface area contributed by atoms with Crippen molar-refractivity contribution in [2.24, 2.45) is 0 Å². The third-order valence-electron chi connectivity index (χ3n) is 4.65. The summed E-state index contributed by atoms with van der Waals surface area (Å²) in [6.07, 6.45) is 1.52. The van der Waals surface area contributed by atoms with Crippen molar-refractivity contribution in [1.29, 1.82) is 0 Å². The quantitative estimate of drug-likeness (QED) is 0.632. The normalized spacial score (nSPS) is 18.2. The minimum absolute atomic E-state index is 0.0106. The number of urea groups is 2. The van der Waals surface area contributed by atoms with E-state index in [0.717, 1.165) is 19.4 Å². The molecule has 4 amide bonds. The number of nitrogens with zero attached hydrogens (tertiary/aromatic N) is 3. The first-order valence-corrected chi connectivity index (χ1v) is 8.35. The molecule has 0 aliphatic carbocycles. The van der Waals surface area contributed by atoms with E-state index in [2.05, 4.69) is 10.6 Å². The average molecular weight is 347 g/mol. The van der Waals surface area contributed by atoms with Gasteiger partial charge in [-0.3, -0.25) is 10.1 Å². The van der Waals surface area contributed by atoms with Crippen LogP contribution < -0.4 is 10.6 Å². The molecule has 2 saturated heterocycles. The van der Waals surface area contributed by atoms with E-state index >= 15 is 0 Å². The van der Waals surface area contributed by atoms with E-state index in [9.17, 15) is 19.7 Å². The Morgan fingerprint density at radius 2 is 2.08 bits per heavy atom. The van der Waals surface area contributed by atoms with Crippen molar-refractivity contribution < 1.29 is 14.5 Å². The monoisotopic (exact) mass is 347 g/mol. The van der Waals surface area contributed by atoms with Gasteiger partial charge in [0.25, 0.3) is 5.69 Å². The zero-order valence-corrected chi connectivity index (χ0v) is 13.8. The molecular formula is C16H21N5O4. The van der Waals surface area contributed by atoms with Crippen LogP contribution >= 0.6 is 0 Å². The van der Waals surface area contributed by atoms with Gasteiger partial charge >= 0.3 is 12.1 Å². The lowest BCUT2D eigenvalue weighted by Gasteiger charge is -2.36. The summed E-state index contributed by atoms with van der Waals surface area (Å²) < 4.78 is 0. The lowest BCUT2D eigenvalue weighted by atomic mass is 10.0. The Kier molecular flexibility index (Phi) is 5.01. The van der Waals surface area contributed by atoms with Crippen LogP contribution in [0.4, 0.5) is 15.3 Å². The van der Waals surface area contributed by atoms with Crippen molar-refractivity contribution in [1.82, 2.24) is 20.4 Å². The van der Waals surface area contributed by atoms with E-state index in [4.69, 9.17) is 0 Å². The summed E-state index contributed by atoms with van der Waals surface area (Å²) in [4.78, 5) is 37.9. The van der Waals surface area contributed by atoms with Gasteiger partial charge in [-0.05, 0) is 18.4 Å². The van der Waals surface area contributed by atoms with Crippen LogP contribution in [0.15, 0.2) is 24.3 Å². The molecule has 1 aromatic carbocycles. The van der Waals surface area contributed by atoms with Crippen molar-refractivity contribution in [3.05, 3.63) is 39.9 Å². The van der Waals surface area contributed by atoms with Gasteiger partial charge in [0.2, 0.25) is 0 Å². The average Bonchev–Trinajstić information content (AvgIpc) is 3.06. The van der Waals surface area contributed by atoms with E-state index in [0.29, 0.717) is 25.2 Å². The molecule has 9 heteroatoms. The molecule has 0 unspecified atom stereocenters. The number of hydrogen-bond acceptors (Lipinski definition) is 4. The third kappa shape index (κ3) is 3.98. The number of carbonyl (C=O) groups is 2. The van der Waals surface area contributed by atoms with Gasteiger partial charge < -0.3 is 20.4 Å². The van der Waals surface area contributed by atoms with Crippen LogP contribution in [0.25, 0.3) is 0 Å². The number of likely N-dealkylation sites (tertiary alicyclic amines) is 1. The Morgan fingerprint density at radius 1 is 1.32 bits per heavy atom. The summed E-state index contributed by atoms with van der Waals surface area (Å²) in [6.45, 7) is 2.84. The molecule has 2 heterocycles. The van der Waals surface area contributed by atoms with Crippen LogP contribution in [0.3, 0.4) is 0 Å². The van der Waals surface area contributed by atoms with Crippen molar-refractivity contribution in [2.75, 3.05) is 26.2 Å². The van der Waals surface area contributed by atoms with Gasteiger partial charge in [-0.1, -0.05) is 12.1 Å². The van der Waals surface area contributed by atoms with E-state index in [1.807, 2.05) is 4.90 Å². The second kappa shape index (κ2) is 7.37. The van der Waals surface area contributed by atoms with Gasteiger partial charge in [0, 0.05) is 50.9 Å². The van der Waals surface area contributed by atoms with E-state index in [1.165, 1.54) is 12.1 Å². The first-order valence-electron chi connectivity index (χ1n) is 8.35. The maximum atomic E-state index is 12.3. The van der Waals surface area contributed by atoms with Gasteiger partial charge in [-0.15, -0.1) is 0 Å². The Labute approximate surface area is 145 Å². The summed E-state index contributed by atoms with van der Waals surface area (Å²) >= 11 is 0. The standard InChI is InChI=1S/C16H21N5O4/c22-15(18-11-12-2-1-3-14(10-12)21(24)25)19-7-4-13(5-8-19)20-9-6-17-16(20)23/h1-3,10,13H,4-9,11H2,(H,17,23)(H,18,22). The fourth-order valence-corrected chi connectivity index (χ4v) is 3.28. The van der Waals surface area contributed by atoms with E-state index < -0.39 is 4.92 Å². The molecule has 0 aromatic heterocycles. The third-order valence-corrected chi connectivity index (χ3v) is 4.65. The smallest absolute Gasteiger partial charge is 0.317 e. The molecule has 3 rings (SSSR count). The molecular weight excluding hydrogens is 326 g/mol. The molecule has 0 bridgehead atoms. The number of benzene rings is 1. The summed E-state index contributed by atoms with van der Waals surface area (Å²) in [5.74, 6) is 0. The lowest BCUT2D eigenvalue weighted by molar-refractivity contribution is -0.384. The van der Waals surface area contributed by atoms with Crippen LogP contribution in [0.1, 0.15) is 18.4 Å². The number of nitro benzene ring substituents is 1. The zero-order chi connectivity index (χ0) is 17.8. The molecule has 1 aromatic rings. The Morgan fingerprint density at radius 3 is 2.72 bits per heavy atom. The lowest BCUT2D eigenvalue weighted by Crippen LogP contribution is -2.50. The molecule has 134 valence electrons. The van der Waals surface area contributed by atoms with E-state index in [1.54, 1.807) is 17.0 Å². The fraction of sp³-hybridized carbons (Fsp3) is 0.500. The number of carbonyl (C=O) groups excluding carboxylic acids is 2. The van der Waals surface area contributed by atoms with Gasteiger partial charge in [0.1, 0.15) is 0 Å². The van der Waals surface area contributed by atoms with Crippen LogP contribution in [0, 0.1) is 10.1 Å². The first kappa shape index (κ1) is 17.0. The second-order valence-electron chi connectivity index (χ2n) is 6.23. The Bertz CT molecular complexity index is 672. The molecule has 9 nitrogen and oxygen atoms in total. The molecule has 0 spiro atoms. The van der Waals surface area contributed by atoms with Crippen molar-refractivity contribution >= 4 is 17.7 Å². The van der Waals surface area contributed by atoms with Crippen molar-refractivity contribution in [3.8, 4) is 0 Å². The molecule has 2 N–H and O–H groups in total. The highest BCUT2D eigenvalue weighted by atomic mass is 16.6. The second-order valence-corrected chi connectivity index (χ2v) is 6.23. The Hall–Kier alpha value is -2.84. The zero-order valence-electron chi connectivity index (χ0n) is 13.8. The SMILES string of the molecule is O=C(NCc1cccc([N+](=O)[O-])c1)N1CCC(N2CCNC2=O)CC1. The summed E-state index contributed by atoms with van der Waals surface area (Å²) in [6, 6.07) is 6.20. The minimum Gasteiger partial charge on any atom is -0.336 e.